The molecule has 2 aromatic heterocycles. The zero-order chi connectivity index (χ0) is 35.4. The maximum atomic E-state index is 13.1. The lowest BCUT2D eigenvalue weighted by Gasteiger charge is -2.39. The zero-order valence-electron chi connectivity index (χ0n) is 28.4. The van der Waals surface area contributed by atoms with Gasteiger partial charge in [-0.05, 0) is 53.9 Å². The van der Waals surface area contributed by atoms with Crippen LogP contribution in [0.3, 0.4) is 0 Å². The monoisotopic (exact) mass is 694 g/mol. The number of anilines is 1. The summed E-state index contributed by atoms with van der Waals surface area (Å²) in [6.07, 6.45) is 3.83. The van der Waals surface area contributed by atoms with Crippen LogP contribution in [0, 0.1) is 0 Å². The number of morpholine rings is 1. The van der Waals surface area contributed by atoms with Crippen molar-refractivity contribution in [3.63, 3.8) is 0 Å². The van der Waals surface area contributed by atoms with Crippen molar-refractivity contribution in [1.29, 1.82) is 0 Å². The second-order valence-corrected chi connectivity index (χ2v) is 13.5. The smallest absolute Gasteiger partial charge is 0.259 e. The van der Waals surface area contributed by atoms with Crippen molar-refractivity contribution in [3.8, 4) is 28.4 Å². The first-order valence-corrected chi connectivity index (χ1v) is 17.1. The number of hydrogen-bond acceptors (Lipinski definition) is 11. The first-order chi connectivity index (χ1) is 24.7. The predicted molar refractivity (Wildman–Crippen MR) is 186 cm³/mol. The molecule has 3 saturated heterocycles. The van der Waals surface area contributed by atoms with E-state index in [4.69, 9.17) is 14.2 Å². The molecule has 4 aromatic rings. The number of aryl methyl sites for hydroxylation is 1. The number of rotatable bonds is 8. The number of aromatic hydroxyl groups is 1. The lowest BCUT2D eigenvalue weighted by atomic mass is 9.98. The Hall–Kier alpha value is -5.47. The number of phenols is 1. The maximum Gasteiger partial charge on any atom is 0.259 e. The molecule has 0 radical (unpaired) electrons. The van der Waals surface area contributed by atoms with Crippen LogP contribution >= 0.6 is 0 Å². The average Bonchev–Trinajstić information content (AvgIpc) is 3.44. The van der Waals surface area contributed by atoms with Crippen LogP contribution in [0.2, 0.25) is 0 Å². The van der Waals surface area contributed by atoms with Crippen molar-refractivity contribution in [2.45, 2.75) is 38.1 Å². The Labute approximate surface area is 293 Å². The predicted octanol–water partition coefficient (Wildman–Crippen LogP) is 2.18. The van der Waals surface area contributed by atoms with E-state index in [1.807, 2.05) is 18.2 Å². The number of ether oxygens (including phenoxy) is 3. The molecule has 4 aliphatic rings. The van der Waals surface area contributed by atoms with Gasteiger partial charge in [-0.25, -0.2) is 4.98 Å². The van der Waals surface area contributed by atoms with Crippen LogP contribution in [0.4, 0.5) is 5.82 Å². The SMILES string of the molecule is COc1cc(-c2cn(C)c(=O)c3cnc(N4CCOCC4)cc23)cc(O)c1CN1CC(Oc2ccc3c(c2)CN(C2CCC(=O)NC2=O)C3=O)C1. The van der Waals surface area contributed by atoms with Gasteiger partial charge in [0.25, 0.3) is 11.5 Å². The molecular weight excluding hydrogens is 656 g/mol. The Bertz CT molecular complexity index is 2140. The highest BCUT2D eigenvalue weighted by Crippen LogP contribution is 2.39. The third kappa shape index (κ3) is 6.03. The van der Waals surface area contributed by atoms with Crippen LogP contribution in [0.1, 0.15) is 34.3 Å². The van der Waals surface area contributed by atoms with E-state index in [0.29, 0.717) is 85.9 Å². The molecule has 51 heavy (non-hydrogen) atoms. The van der Waals surface area contributed by atoms with Gasteiger partial charge in [-0.3, -0.25) is 29.4 Å². The summed E-state index contributed by atoms with van der Waals surface area (Å²) in [5, 5.41) is 14.9. The molecule has 0 saturated carbocycles. The number of methoxy groups -OCH3 is 1. The van der Waals surface area contributed by atoms with Crippen molar-refractivity contribution >= 4 is 34.3 Å². The van der Waals surface area contributed by atoms with Gasteiger partial charge >= 0.3 is 0 Å². The molecule has 0 aliphatic carbocycles. The Morgan fingerprint density at radius 2 is 1.82 bits per heavy atom. The van der Waals surface area contributed by atoms with Crippen molar-refractivity contribution in [1.82, 2.24) is 24.7 Å². The number of piperidine rings is 1. The fraction of sp³-hybridized carbons (Fsp3) is 0.378. The number of nitrogens with zero attached hydrogens (tertiary/aromatic N) is 5. The number of carbonyl (C=O) groups is 3. The highest BCUT2D eigenvalue weighted by atomic mass is 16.5. The van der Waals surface area contributed by atoms with Gasteiger partial charge in [0.2, 0.25) is 11.8 Å². The van der Waals surface area contributed by atoms with E-state index in [1.165, 1.54) is 9.47 Å². The number of fused-ring (bicyclic) bond motifs is 2. The molecule has 4 aliphatic heterocycles. The quantitative estimate of drug-likeness (QED) is 0.261. The summed E-state index contributed by atoms with van der Waals surface area (Å²) in [5.41, 5.74) is 3.30. The number of amides is 3. The Balaban J connectivity index is 0.958. The van der Waals surface area contributed by atoms with Gasteiger partial charge in [0, 0.05) is 87.2 Å². The molecule has 14 heteroatoms. The Morgan fingerprint density at radius 1 is 1.02 bits per heavy atom. The van der Waals surface area contributed by atoms with Crippen molar-refractivity contribution in [2.24, 2.45) is 7.05 Å². The summed E-state index contributed by atoms with van der Waals surface area (Å²) in [4.78, 5) is 60.5. The topological polar surface area (TPSA) is 156 Å². The van der Waals surface area contributed by atoms with Crippen LogP contribution < -0.4 is 25.2 Å². The average molecular weight is 695 g/mol. The van der Waals surface area contributed by atoms with Crippen LogP contribution in [0.5, 0.6) is 17.2 Å². The normalized spacial score (nSPS) is 19.6. The molecule has 0 spiro atoms. The number of aromatic nitrogens is 2. The summed E-state index contributed by atoms with van der Waals surface area (Å²) in [6.45, 7) is 4.61. The minimum atomic E-state index is -0.666. The number of phenolic OH excluding ortho intramolecular Hbond substituents is 1. The van der Waals surface area contributed by atoms with Crippen LogP contribution in [0.15, 0.2) is 53.6 Å². The van der Waals surface area contributed by atoms with E-state index < -0.39 is 11.9 Å². The molecule has 2 aromatic carbocycles. The van der Waals surface area contributed by atoms with Gasteiger partial charge in [0.15, 0.2) is 0 Å². The number of pyridine rings is 2. The van der Waals surface area contributed by atoms with Gasteiger partial charge in [-0.15, -0.1) is 0 Å². The molecule has 1 unspecified atom stereocenters. The van der Waals surface area contributed by atoms with Crippen molar-refractivity contribution in [3.05, 3.63) is 75.8 Å². The number of likely N-dealkylation sites (tertiary alicyclic amines) is 1. The van der Waals surface area contributed by atoms with Crippen LogP contribution in [-0.2, 0) is 34.5 Å². The van der Waals surface area contributed by atoms with Gasteiger partial charge < -0.3 is 33.7 Å². The standard InChI is InChI=1S/C37H38N6O8/c1-40-19-28(26-14-33(38-15-27(26)36(40)47)42-7-9-50-10-8-42)21-12-31(44)29(32(13-21)49-2)20-41-17-24(18-41)51-23-3-4-25-22(11-23)16-43(37(25)48)30-5-6-34(45)39-35(30)46/h3-4,11-15,19,24,30,44H,5-10,16-18,20H2,1-2H3,(H,39,45,46). The molecule has 6 heterocycles. The summed E-state index contributed by atoms with van der Waals surface area (Å²) < 4.78 is 19.1. The number of carbonyl (C=O) groups excluding carboxylic acids is 3. The van der Waals surface area contributed by atoms with Gasteiger partial charge in [0.1, 0.15) is 35.2 Å². The Kier molecular flexibility index (Phi) is 8.35. The van der Waals surface area contributed by atoms with Crippen LogP contribution in [0.25, 0.3) is 21.9 Å². The number of nitrogens with one attached hydrogen (secondary N) is 1. The van der Waals surface area contributed by atoms with Crippen molar-refractivity contribution in [2.75, 3.05) is 51.4 Å². The maximum absolute atomic E-state index is 13.1. The number of benzene rings is 2. The van der Waals surface area contributed by atoms with E-state index in [0.717, 1.165) is 22.3 Å². The minimum absolute atomic E-state index is 0.0852. The molecule has 264 valence electrons. The number of hydrogen-bond donors (Lipinski definition) is 2. The van der Waals surface area contributed by atoms with E-state index in [-0.39, 0.29) is 42.2 Å². The van der Waals surface area contributed by atoms with E-state index in [9.17, 15) is 24.3 Å². The third-order valence-corrected chi connectivity index (χ3v) is 10.2. The number of imide groups is 1. The van der Waals surface area contributed by atoms with Gasteiger partial charge in [-0.2, -0.15) is 0 Å². The highest BCUT2D eigenvalue weighted by molar-refractivity contribution is 6.05. The van der Waals surface area contributed by atoms with E-state index in [1.54, 1.807) is 44.8 Å². The lowest BCUT2D eigenvalue weighted by molar-refractivity contribution is -0.136. The summed E-state index contributed by atoms with van der Waals surface area (Å²) in [7, 11) is 3.27. The zero-order valence-corrected chi connectivity index (χ0v) is 28.4. The minimum Gasteiger partial charge on any atom is -0.507 e. The van der Waals surface area contributed by atoms with Gasteiger partial charge in [0.05, 0.1) is 25.7 Å². The molecule has 8 rings (SSSR count). The summed E-state index contributed by atoms with van der Waals surface area (Å²) in [5.74, 6) is 1.04. The first-order valence-electron chi connectivity index (χ1n) is 17.1. The molecule has 2 N–H and O–H groups in total. The lowest BCUT2D eigenvalue weighted by Crippen LogP contribution is -2.53. The highest BCUT2D eigenvalue weighted by Gasteiger charge is 2.39. The second-order valence-electron chi connectivity index (χ2n) is 13.5. The van der Waals surface area contributed by atoms with Crippen LogP contribution in [-0.4, -0.2) is 101 Å². The molecule has 14 nitrogen and oxygen atoms in total. The molecule has 3 fully saturated rings. The van der Waals surface area contributed by atoms with E-state index in [2.05, 4.69) is 20.1 Å². The second kappa shape index (κ2) is 13.0. The van der Waals surface area contributed by atoms with Gasteiger partial charge in [-0.1, -0.05) is 0 Å². The first kappa shape index (κ1) is 32.7. The van der Waals surface area contributed by atoms with E-state index >= 15 is 0 Å². The van der Waals surface area contributed by atoms with Crippen molar-refractivity contribution < 1.29 is 33.7 Å². The summed E-state index contributed by atoms with van der Waals surface area (Å²) >= 11 is 0. The summed E-state index contributed by atoms with van der Waals surface area (Å²) in [6, 6.07) is 10.2. The fourth-order valence-corrected chi connectivity index (χ4v) is 7.44. The Morgan fingerprint density at radius 3 is 2.59 bits per heavy atom. The fourth-order valence-electron chi connectivity index (χ4n) is 7.44. The molecule has 1 atom stereocenters. The largest absolute Gasteiger partial charge is 0.507 e. The molecule has 3 amide bonds. The third-order valence-electron chi connectivity index (χ3n) is 10.2. The molecular formula is C37H38N6O8. The molecule has 0 bridgehead atoms.